The number of ether oxygens (including phenoxy) is 1. The maximum atomic E-state index is 12.2. The van der Waals surface area contributed by atoms with Crippen molar-refractivity contribution in [3.63, 3.8) is 0 Å². The zero-order valence-electron chi connectivity index (χ0n) is 12.9. The number of carbonyl (C=O) groups is 1. The van der Waals surface area contributed by atoms with Crippen molar-refractivity contribution in [1.82, 2.24) is 4.90 Å². The topological polar surface area (TPSA) is 49.8 Å². The van der Waals surface area contributed by atoms with Crippen LogP contribution < -0.4 is 4.74 Å². The minimum atomic E-state index is 0.0607. The highest BCUT2D eigenvalue weighted by atomic mass is 32.2. The standard InChI is InChI=1S/C18H19NO3S/c1-22-16-8-4-14(5-9-16)18-19(17(21)12-23-18)11-10-13-2-6-15(20)7-3-13/h2-9,18,20H,10-12H2,1H3. The minimum absolute atomic E-state index is 0.0607. The van der Waals surface area contributed by atoms with Crippen LogP contribution in [-0.2, 0) is 11.2 Å². The van der Waals surface area contributed by atoms with Gasteiger partial charge in [0.1, 0.15) is 16.9 Å². The molecule has 0 aromatic heterocycles. The quantitative estimate of drug-likeness (QED) is 0.915. The van der Waals surface area contributed by atoms with E-state index in [1.54, 1.807) is 31.0 Å². The number of hydrogen-bond donors (Lipinski definition) is 1. The lowest BCUT2D eigenvalue weighted by molar-refractivity contribution is -0.128. The summed E-state index contributed by atoms with van der Waals surface area (Å²) in [5.74, 6) is 1.78. The lowest BCUT2D eigenvalue weighted by Crippen LogP contribution is -2.30. The third kappa shape index (κ3) is 3.62. The van der Waals surface area contributed by atoms with Gasteiger partial charge in [-0.2, -0.15) is 0 Å². The van der Waals surface area contributed by atoms with E-state index in [2.05, 4.69) is 0 Å². The first-order valence-corrected chi connectivity index (χ1v) is 8.55. The fourth-order valence-electron chi connectivity index (χ4n) is 2.65. The molecular weight excluding hydrogens is 310 g/mol. The lowest BCUT2D eigenvalue weighted by Gasteiger charge is -2.24. The number of methoxy groups -OCH3 is 1. The number of aromatic hydroxyl groups is 1. The molecule has 120 valence electrons. The van der Waals surface area contributed by atoms with E-state index in [0.29, 0.717) is 12.3 Å². The molecule has 1 unspecified atom stereocenters. The van der Waals surface area contributed by atoms with Crippen LogP contribution in [0.2, 0.25) is 0 Å². The molecule has 5 heteroatoms. The van der Waals surface area contributed by atoms with Crippen molar-refractivity contribution in [3.8, 4) is 11.5 Å². The molecule has 0 radical (unpaired) electrons. The van der Waals surface area contributed by atoms with Crippen molar-refractivity contribution in [3.05, 3.63) is 59.7 Å². The number of benzene rings is 2. The first-order chi connectivity index (χ1) is 11.2. The molecule has 3 rings (SSSR count). The Balaban J connectivity index is 1.70. The van der Waals surface area contributed by atoms with Gasteiger partial charge in [0.2, 0.25) is 5.91 Å². The largest absolute Gasteiger partial charge is 0.508 e. The summed E-state index contributed by atoms with van der Waals surface area (Å²) < 4.78 is 5.19. The van der Waals surface area contributed by atoms with E-state index in [-0.39, 0.29) is 17.0 Å². The predicted molar refractivity (Wildman–Crippen MR) is 91.7 cm³/mol. The summed E-state index contributed by atoms with van der Waals surface area (Å²) in [7, 11) is 1.65. The summed E-state index contributed by atoms with van der Waals surface area (Å²) in [6.45, 7) is 0.674. The number of phenolic OH excluding ortho intramolecular Hbond substituents is 1. The highest BCUT2D eigenvalue weighted by molar-refractivity contribution is 8.00. The normalized spacial score (nSPS) is 17.5. The molecule has 1 aliphatic rings. The van der Waals surface area contributed by atoms with E-state index in [0.717, 1.165) is 23.3 Å². The van der Waals surface area contributed by atoms with E-state index in [9.17, 15) is 9.90 Å². The van der Waals surface area contributed by atoms with Crippen molar-refractivity contribution < 1.29 is 14.6 Å². The highest BCUT2D eigenvalue weighted by Crippen LogP contribution is 2.39. The summed E-state index contributed by atoms with van der Waals surface area (Å²) in [4.78, 5) is 14.1. The number of nitrogens with zero attached hydrogens (tertiary/aromatic N) is 1. The van der Waals surface area contributed by atoms with Crippen LogP contribution in [0.4, 0.5) is 0 Å². The Kier molecular flexibility index (Phi) is 4.76. The SMILES string of the molecule is COc1ccc(C2SCC(=O)N2CCc2ccc(O)cc2)cc1. The molecule has 23 heavy (non-hydrogen) atoms. The minimum Gasteiger partial charge on any atom is -0.508 e. The van der Waals surface area contributed by atoms with E-state index in [1.165, 1.54) is 0 Å². The van der Waals surface area contributed by atoms with Crippen LogP contribution in [0.15, 0.2) is 48.5 Å². The molecule has 1 amide bonds. The van der Waals surface area contributed by atoms with E-state index >= 15 is 0 Å². The summed E-state index contributed by atoms with van der Waals surface area (Å²) >= 11 is 1.66. The molecule has 1 saturated heterocycles. The van der Waals surface area contributed by atoms with Crippen molar-refractivity contribution in [2.45, 2.75) is 11.8 Å². The molecule has 1 N–H and O–H groups in total. The molecule has 0 saturated carbocycles. The average Bonchev–Trinajstić information content (AvgIpc) is 2.95. The first-order valence-electron chi connectivity index (χ1n) is 7.50. The van der Waals surface area contributed by atoms with Gasteiger partial charge >= 0.3 is 0 Å². The Hall–Kier alpha value is -2.14. The molecule has 1 aliphatic heterocycles. The number of thioether (sulfide) groups is 1. The predicted octanol–water partition coefficient (Wildman–Crippen LogP) is 3.22. The fourth-order valence-corrected chi connectivity index (χ4v) is 3.87. The Labute approximate surface area is 140 Å². The van der Waals surface area contributed by atoms with Crippen LogP contribution >= 0.6 is 11.8 Å². The summed E-state index contributed by atoms with van der Waals surface area (Å²) in [5.41, 5.74) is 2.23. The smallest absolute Gasteiger partial charge is 0.233 e. The van der Waals surface area contributed by atoms with E-state index in [1.807, 2.05) is 41.3 Å². The molecule has 0 spiro atoms. The van der Waals surface area contributed by atoms with Crippen LogP contribution in [0.3, 0.4) is 0 Å². The molecule has 1 fully saturated rings. The Bertz CT molecular complexity index is 670. The van der Waals surface area contributed by atoms with Gasteiger partial charge in [-0.3, -0.25) is 4.79 Å². The summed E-state index contributed by atoms with van der Waals surface area (Å²) in [6.07, 6.45) is 0.777. The van der Waals surface area contributed by atoms with Gasteiger partial charge in [-0.05, 0) is 41.8 Å². The zero-order valence-corrected chi connectivity index (χ0v) is 13.8. The monoisotopic (exact) mass is 329 g/mol. The molecule has 4 nitrogen and oxygen atoms in total. The Morgan fingerprint density at radius 1 is 1.17 bits per heavy atom. The third-order valence-corrected chi connectivity index (χ3v) is 5.20. The van der Waals surface area contributed by atoms with Gasteiger partial charge in [-0.25, -0.2) is 0 Å². The molecule has 0 bridgehead atoms. The molecule has 1 heterocycles. The zero-order chi connectivity index (χ0) is 16.2. The molecule has 0 aliphatic carbocycles. The van der Waals surface area contributed by atoms with Gasteiger partial charge in [-0.15, -0.1) is 11.8 Å². The molecular formula is C18H19NO3S. The van der Waals surface area contributed by atoms with Crippen molar-refractivity contribution in [1.29, 1.82) is 0 Å². The summed E-state index contributed by atoms with van der Waals surface area (Å²) in [6, 6.07) is 15.0. The van der Waals surface area contributed by atoms with E-state index in [4.69, 9.17) is 4.74 Å². The van der Waals surface area contributed by atoms with Gasteiger partial charge in [-0.1, -0.05) is 24.3 Å². The maximum Gasteiger partial charge on any atom is 0.233 e. The van der Waals surface area contributed by atoms with Crippen LogP contribution in [-0.4, -0.2) is 35.3 Å². The molecule has 1 atom stereocenters. The number of rotatable bonds is 5. The van der Waals surface area contributed by atoms with Gasteiger partial charge in [0, 0.05) is 6.54 Å². The van der Waals surface area contributed by atoms with Gasteiger partial charge < -0.3 is 14.7 Å². The molecule has 2 aromatic rings. The van der Waals surface area contributed by atoms with Crippen LogP contribution in [0, 0.1) is 0 Å². The molecule has 2 aromatic carbocycles. The highest BCUT2D eigenvalue weighted by Gasteiger charge is 2.32. The van der Waals surface area contributed by atoms with Gasteiger partial charge in [0.15, 0.2) is 0 Å². The second kappa shape index (κ2) is 6.96. The van der Waals surface area contributed by atoms with Crippen LogP contribution in [0.5, 0.6) is 11.5 Å². The van der Waals surface area contributed by atoms with Gasteiger partial charge in [0.25, 0.3) is 0 Å². The van der Waals surface area contributed by atoms with Gasteiger partial charge in [0.05, 0.1) is 12.9 Å². The van der Waals surface area contributed by atoms with Crippen molar-refractivity contribution >= 4 is 17.7 Å². The Morgan fingerprint density at radius 2 is 1.87 bits per heavy atom. The van der Waals surface area contributed by atoms with Crippen molar-refractivity contribution in [2.75, 3.05) is 19.4 Å². The second-order valence-corrected chi connectivity index (χ2v) is 6.51. The number of hydrogen-bond acceptors (Lipinski definition) is 4. The first kappa shape index (κ1) is 15.7. The number of phenols is 1. The fraction of sp³-hybridized carbons (Fsp3) is 0.278. The van der Waals surface area contributed by atoms with Crippen molar-refractivity contribution in [2.24, 2.45) is 0 Å². The Morgan fingerprint density at radius 3 is 2.52 bits per heavy atom. The van der Waals surface area contributed by atoms with Crippen LogP contribution in [0.1, 0.15) is 16.5 Å². The lowest BCUT2D eigenvalue weighted by atomic mass is 10.1. The maximum absolute atomic E-state index is 12.2. The number of carbonyl (C=O) groups excluding carboxylic acids is 1. The second-order valence-electron chi connectivity index (χ2n) is 5.44. The third-order valence-electron chi connectivity index (χ3n) is 3.95. The average molecular weight is 329 g/mol. The summed E-state index contributed by atoms with van der Waals surface area (Å²) in [5, 5.41) is 9.39. The number of amides is 1. The van der Waals surface area contributed by atoms with Crippen LogP contribution in [0.25, 0.3) is 0 Å². The van der Waals surface area contributed by atoms with E-state index < -0.39 is 0 Å².